The van der Waals surface area contributed by atoms with Gasteiger partial charge in [-0.15, -0.1) is 0 Å². The Morgan fingerprint density at radius 1 is 0.966 bits per heavy atom. The van der Waals surface area contributed by atoms with Gasteiger partial charge in [0.1, 0.15) is 11.4 Å². The van der Waals surface area contributed by atoms with Gasteiger partial charge in [-0.25, -0.2) is 4.98 Å². The Balaban J connectivity index is 1.52. The zero-order valence-electron chi connectivity index (χ0n) is 15.8. The lowest BCUT2D eigenvalue weighted by molar-refractivity contribution is 0.100. The van der Waals surface area contributed by atoms with Gasteiger partial charge in [0.2, 0.25) is 5.95 Å². The zero-order valence-corrected chi connectivity index (χ0v) is 15.8. The van der Waals surface area contributed by atoms with Gasteiger partial charge in [-0.1, -0.05) is 18.2 Å². The van der Waals surface area contributed by atoms with Crippen molar-refractivity contribution in [3.8, 4) is 0 Å². The summed E-state index contributed by atoms with van der Waals surface area (Å²) in [5.74, 6) is 0.128. The molecule has 2 heterocycles. The number of benzene rings is 2. The standard InChI is InChI=1S/C21H22N6O2/c22-19(28)18-14-23-21(26-20(18)24-15-4-2-1-3-5-15)25-16-6-8-17(9-7-16)27-10-12-29-13-11-27/h1-9,14H,10-13H2,(H2,22,28)(H2,23,24,25,26). The topological polar surface area (TPSA) is 105 Å². The fourth-order valence-corrected chi connectivity index (χ4v) is 3.08. The van der Waals surface area contributed by atoms with E-state index in [1.807, 2.05) is 42.5 Å². The minimum absolute atomic E-state index is 0.224. The molecule has 29 heavy (non-hydrogen) atoms. The third-order valence-corrected chi connectivity index (χ3v) is 4.59. The summed E-state index contributed by atoms with van der Waals surface area (Å²) in [6.07, 6.45) is 1.42. The number of anilines is 5. The normalized spacial score (nSPS) is 13.7. The highest BCUT2D eigenvalue weighted by atomic mass is 16.5. The smallest absolute Gasteiger partial charge is 0.254 e. The van der Waals surface area contributed by atoms with E-state index in [1.54, 1.807) is 0 Å². The van der Waals surface area contributed by atoms with Crippen LogP contribution in [-0.4, -0.2) is 42.2 Å². The highest BCUT2D eigenvalue weighted by Crippen LogP contribution is 2.23. The van der Waals surface area contributed by atoms with Crippen molar-refractivity contribution in [3.05, 3.63) is 66.4 Å². The number of amides is 1. The number of hydrogen-bond donors (Lipinski definition) is 3. The van der Waals surface area contributed by atoms with Gasteiger partial charge >= 0.3 is 0 Å². The molecule has 1 saturated heterocycles. The largest absolute Gasteiger partial charge is 0.378 e. The third kappa shape index (κ3) is 4.61. The van der Waals surface area contributed by atoms with Crippen LogP contribution in [0.5, 0.6) is 0 Å². The molecule has 3 aromatic rings. The first kappa shape index (κ1) is 18.7. The first-order valence-electron chi connectivity index (χ1n) is 9.38. The number of carbonyl (C=O) groups excluding carboxylic acids is 1. The predicted octanol–water partition coefficient (Wildman–Crippen LogP) is 2.90. The molecule has 0 aliphatic carbocycles. The first-order valence-corrected chi connectivity index (χ1v) is 9.38. The van der Waals surface area contributed by atoms with Gasteiger partial charge in [-0.3, -0.25) is 4.79 Å². The summed E-state index contributed by atoms with van der Waals surface area (Å²) in [6.45, 7) is 3.27. The minimum Gasteiger partial charge on any atom is -0.378 e. The van der Waals surface area contributed by atoms with Gasteiger partial charge in [0.15, 0.2) is 0 Å². The summed E-state index contributed by atoms with van der Waals surface area (Å²) in [5.41, 5.74) is 8.49. The highest BCUT2D eigenvalue weighted by Gasteiger charge is 2.14. The van der Waals surface area contributed by atoms with E-state index in [0.717, 1.165) is 43.4 Å². The fourth-order valence-electron chi connectivity index (χ4n) is 3.08. The Labute approximate surface area is 168 Å². The molecule has 8 nitrogen and oxygen atoms in total. The van der Waals surface area contributed by atoms with Crippen LogP contribution in [0.4, 0.5) is 28.8 Å². The predicted molar refractivity (Wildman–Crippen MR) is 113 cm³/mol. The van der Waals surface area contributed by atoms with Crippen LogP contribution in [0, 0.1) is 0 Å². The number of nitrogens with one attached hydrogen (secondary N) is 2. The lowest BCUT2D eigenvalue weighted by Crippen LogP contribution is -2.36. The zero-order chi connectivity index (χ0) is 20.1. The molecule has 0 bridgehead atoms. The van der Waals surface area contributed by atoms with Crippen molar-refractivity contribution in [3.63, 3.8) is 0 Å². The summed E-state index contributed by atoms with van der Waals surface area (Å²) in [4.78, 5) is 22.7. The molecule has 1 aliphatic rings. The van der Waals surface area contributed by atoms with E-state index in [9.17, 15) is 4.79 Å². The molecule has 1 amide bonds. The average molecular weight is 390 g/mol. The van der Waals surface area contributed by atoms with Crippen LogP contribution in [0.25, 0.3) is 0 Å². The molecule has 2 aromatic carbocycles. The van der Waals surface area contributed by atoms with Crippen LogP contribution < -0.4 is 21.3 Å². The number of nitrogens with zero attached hydrogens (tertiary/aromatic N) is 3. The second kappa shape index (κ2) is 8.57. The third-order valence-electron chi connectivity index (χ3n) is 4.59. The van der Waals surface area contributed by atoms with Gasteiger partial charge in [0.05, 0.1) is 13.2 Å². The van der Waals surface area contributed by atoms with Crippen molar-refractivity contribution in [2.75, 3.05) is 41.8 Å². The van der Waals surface area contributed by atoms with Crippen LogP contribution in [-0.2, 0) is 4.74 Å². The maximum absolute atomic E-state index is 11.7. The van der Waals surface area contributed by atoms with Crippen molar-refractivity contribution < 1.29 is 9.53 Å². The molecule has 0 radical (unpaired) electrons. The number of ether oxygens (including phenoxy) is 1. The number of primary amides is 1. The van der Waals surface area contributed by atoms with Crippen LogP contribution in [0.1, 0.15) is 10.4 Å². The summed E-state index contributed by atoms with van der Waals surface area (Å²) in [6, 6.07) is 17.5. The quantitative estimate of drug-likeness (QED) is 0.594. The Kier molecular flexibility index (Phi) is 5.53. The number of rotatable bonds is 6. The van der Waals surface area contributed by atoms with Gasteiger partial charge < -0.3 is 26.0 Å². The second-order valence-electron chi connectivity index (χ2n) is 6.58. The maximum atomic E-state index is 11.7. The monoisotopic (exact) mass is 390 g/mol. The number of morpholine rings is 1. The number of hydrogen-bond acceptors (Lipinski definition) is 7. The number of para-hydroxylation sites is 1. The molecule has 148 valence electrons. The summed E-state index contributed by atoms with van der Waals surface area (Å²) in [7, 11) is 0. The molecule has 4 rings (SSSR count). The van der Waals surface area contributed by atoms with Gasteiger partial charge in [-0.2, -0.15) is 4.98 Å². The van der Waals surface area contributed by atoms with E-state index < -0.39 is 5.91 Å². The Morgan fingerprint density at radius 2 is 1.66 bits per heavy atom. The van der Waals surface area contributed by atoms with Gasteiger partial charge in [0, 0.05) is 36.3 Å². The lowest BCUT2D eigenvalue weighted by atomic mass is 10.2. The second-order valence-corrected chi connectivity index (χ2v) is 6.58. The van der Waals surface area contributed by atoms with Crippen LogP contribution in [0.2, 0.25) is 0 Å². The van der Waals surface area contributed by atoms with Gasteiger partial charge in [-0.05, 0) is 36.4 Å². The van der Waals surface area contributed by atoms with Crippen molar-refractivity contribution in [1.29, 1.82) is 0 Å². The summed E-state index contributed by atoms with van der Waals surface area (Å²) >= 11 is 0. The molecule has 0 spiro atoms. The van der Waals surface area contributed by atoms with E-state index >= 15 is 0 Å². The van der Waals surface area contributed by atoms with Crippen molar-refractivity contribution in [1.82, 2.24) is 9.97 Å². The van der Waals surface area contributed by atoms with Crippen LogP contribution >= 0.6 is 0 Å². The molecule has 1 aromatic heterocycles. The number of aromatic nitrogens is 2. The Hall–Kier alpha value is -3.65. The molecule has 1 aliphatic heterocycles. The Morgan fingerprint density at radius 3 is 2.34 bits per heavy atom. The van der Waals surface area contributed by atoms with Crippen molar-refractivity contribution in [2.24, 2.45) is 5.73 Å². The van der Waals surface area contributed by atoms with E-state index in [4.69, 9.17) is 10.5 Å². The maximum Gasteiger partial charge on any atom is 0.254 e. The van der Waals surface area contributed by atoms with Gasteiger partial charge in [0.25, 0.3) is 5.91 Å². The first-order chi connectivity index (χ1) is 14.2. The van der Waals surface area contributed by atoms with E-state index in [2.05, 4.69) is 37.6 Å². The highest BCUT2D eigenvalue weighted by molar-refractivity contribution is 5.98. The molecule has 0 saturated carbocycles. The fraction of sp³-hybridized carbons (Fsp3) is 0.190. The van der Waals surface area contributed by atoms with E-state index in [0.29, 0.717) is 11.8 Å². The molecule has 8 heteroatoms. The van der Waals surface area contributed by atoms with Crippen molar-refractivity contribution in [2.45, 2.75) is 0 Å². The Bertz CT molecular complexity index is 972. The molecule has 4 N–H and O–H groups in total. The average Bonchev–Trinajstić information content (AvgIpc) is 2.76. The van der Waals surface area contributed by atoms with Crippen LogP contribution in [0.3, 0.4) is 0 Å². The van der Waals surface area contributed by atoms with E-state index in [1.165, 1.54) is 6.20 Å². The molecule has 1 fully saturated rings. The molecular weight excluding hydrogens is 368 g/mol. The van der Waals surface area contributed by atoms with E-state index in [-0.39, 0.29) is 5.56 Å². The van der Waals surface area contributed by atoms with Crippen LogP contribution in [0.15, 0.2) is 60.8 Å². The molecule has 0 unspecified atom stereocenters. The van der Waals surface area contributed by atoms with Crippen molar-refractivity contribution >= 4 is 34.7 Å². The summed E-state index contributed by atoms with van der Waals surface area (Å²) in [5, 5.41) is 6.29. The molecule has 0 atom stereocenters. The summed E-state index contributed by atoms with van der Waals surface area (Å²) < 4.78 is 5.39. The molecular formula is C21H22N6O2. The lowest BCUT2D eigenvalue weighted by Gasteiger charge is -2.28. The minimum atomic E-state index is -0.593. The number of carbonyl (C=O) groups is 1. The SMILES string of the molecule is NC(=O)c1cnc(Nc2ccc(N3CCOCC3)cc2)nc1Nc1ccccc1. The number of nitrogens with two attached hydrogens (primary N) is 1.